The molecule has 0 saturated carbocycles. The highest BCUT2D eigenvalue weighted by atomic mass is 32.2. The highest BCUT2D eigenvalue weighted by Gasteiger charge is 2.14. The number of carbonyl (C=O) groups is 1. The maximum atomic E-state index is 11.5. The number of benzene rings is 1. The van der Waals surface area contributed by atoms with Crippen LogP contribution in [0.3, 0.4) is 0 Å². The van der Waals surface area contributed by atoms with Gasteiger partial charge in [-0.2, -0.15) is 0 Å². The molecule has 1 aromatic carbocycles. The quantitative estimate of drug-likeness (QED) is 0.729. The molecule has 0 amide bonds. The molecule has 0 atom stereocenters. The van der Waals surface area contributed by atoms with E-state index in [1.54, 1.807) is 18.2 Å². The van der Waals surface area contributed by atoms with Crippen LogP contribution < -0.4 is 4.74 Å². The lowest BCUT2D eigenvalue weighted by atomic mass is 10.1. The minimum absolute atomic E-state index is 0.165. The Balaban J connectivity index is 3.16. The smallest absolute Gasteiger partial charge is 0.179 e. The van der Waals surface area contributed by atoms with Gasteiger partial charge in [0.2, 0.25) is 0 Å². The zero-order valence-electron chi connectivity index (χ0n) is 9.26. The van der Waals surface area contributed by atoms with Crippen LogP contribution in [-0.4, -0.2) is 28.1 Å². The number of aldehydes is 1. The van der Waals surface area contributed by atoms with Crippen LogP contribution in [0.5, 0.6) is 5.75 Å². The molecular weight excluding hydrogens is 228 g/mol. The van der Waals surface area contributed by atoms with Crippen LogP contribution in [-0.2, 0) is 21.1 Å². The monoisotopic (exact) mass is 242 g/mol. The van der Waals surface area contributed by atoms with Crippen molar-refractivity contribution in [2.24, 2.45) is 0 Å². The highest BCUT2D eigenvalue weighted by Crippen LogP contribution is 2.25. The number of hydrogen-bond donors (Lipinski definition) is 0. The summed E-state index contributed by atoms with van der Waals surface area (Å²) in [7, 11) is -1.88. The molecule has 0 heterocycles. The number of sulfone groups is 1. The van der Waals surface area contributed by atoms with Crippen molar-refractivity contribution in [3.8, 4) is 5.75 Å². The summed E-state index contributed by atoms with van der Waals surface area (Å²) in [5.41, 5.74) is 0.813. The Morgan fingerprint density at radius 1 is 1.38 bits per heavy atom. The molecule has 0 aliphatic heterocycles. The molecule has 1 rings (SSSR count). The number of rotatable bonds is 5. The van der Waals surface area contributed by atoms with Gasteiger partial charge in [0.25, 0.3) is 0 Å². The Labute approximate surface area is 95.2 Å². The second kappa shape index (κ2) is 5.12. The number of hydrogen-bond acceptors (Lipinski definition) is 4. The van der Waals surface area contributed by atoms with Gasteiger partial charge in [-0.15, -0.1) is 0 Å². The van der Waals surface area contributed by atoms with Crippen molar-refractivity contribution in [1.82, 2.24) is 0 Å². The Hall–Kier alpha value is -1.36. The molecule has 0 radical (unpaired) electrons. The first-order valence-corrected chi connectivity index (χ1v) is 6.69. The topological polar surface area (TPSA) is 60.4 Å². The molecule has 0 aromatic heterocycles. The maximum absolute atomic E-state index is 11.5. The average Bonchev–Trinajstić information content (AvgIpc) is 2.24. The molecule has 0 aliphatic carbocycles. The molecule has 0 spiro atoms. The number of aryl methyl sites for hydroxylation is 1. The van der Waals surface area contributed by atoms with Gasteiger partial charge in [0.05, 0.1) is 7.11 Å². The summed E-state index contributed by atoms with van der Waals surface area (Å²) < 4.78 is 28.0. The van der Waals surface area contributed by atoms with Gasteiger partial charge < -0.3 is 9.53 Å². The van der Waals surface area contributed by atoms with Gasteiger partial charge in [-0.05, 0) is 24.1 Å². The maximum Gasteiger partial charge on any atom is 0.179 e. The minimum atomic E-state index is -3.31. The average molecular weight is 242 g/mol. The summed E-state index contributed by atoms with van der Waals surface area (Å²) in [6.45, 7) is 0. The van der Waals surface area contributed by atoms with E-state index in [1.807, 2.05) is 0 Å². The minimum Gasteiger partial charge on any atom is -0.495 e. The first-order valence-electron chi connectivity index (χ1n) is 4.79. The zero-order valence-corrected chi connectivity index (χ0v) is 10.1. The lowest BCUT2D eigenvalue weighted by Gasteiger charge is -2.08. The molecule has 0 aliphatic rings. The van der Waals surface area contributed by atoms with Crippen LogP contribution in [0.2, 0.25) is 0 Å². The fourth-order valence-corrected chi connectivity index (χ4v) is 2.27. The van der Waals surface area contributed by atoms with E-state index in [0.717, 1.165) is 18.1 Å². The standard InChI is InChI=1S/C11H14O4S/c1-15-10-6-5-9(4-3-7-12)8-11(10)16(2,13)14/h5-8H,3-4H2,1-2H3. The molecule has 5 heteroatoms. The summed E-state index contributed by atoms with van der Waals surface area (Å²) in [5.74, 6) is 0.331. The zero-order chi connectivity index (χ0) is 12.2. The summed E-state index contributed by atoms with van der Waals surface area (Å²) in [5, 5.41) is 0. The molecule has 0 fully saturated rings. The lowest BCUT2D eigenvalue weighted by molar-refractivity contribution is -0.107. The van der Waals surface area contributed by atoms with Gasteiger partial charge in [0, 0.05) is 12.7 Å². The molecule has 88 valence electrons. The van der Waals surface area contributed by atoms with Crippen molar-refractivity contribution in [2.75, 3.05) is 13.4 Å². The molecule has 0 N–H and O–H groups in total. The number of methoxy groups -OCH3 is 1. The third-order valence-electron chi connectivity index (χ3n) is 2.18. The van der Waals surface area contributed by atoms with Gasteiger partial charge in [0.15, 0.2) is 9.84 Å². The van der Waals surface area contributed by atoms with Crippen molar-refractivity contribution in [3.05, 3.63) is 23.8 Å². The van der Waals surface area contributed by atoms with Gasteiger partial charge in [-0.1, -0.05) is 6.07 Å². The fraction of sp³-hybridized carbons (Fsp3) is 0.364. The summed E-state index contributed by atoms with van der Waals surface area (Å²) in [6, 6.07) is 4.92. The molecular formula is C11H14O4S. The third kappa shape index (κ3) is 3.06. The summed E-state index contributed by atoms with van der Waals surface area (Å²) >= 11 is 0. The van der Waals surface area contributed by atoms with Crippen molar-refractivity contribution in [1.29, 1.82) is 0 Å². The summed E-state index contributed by atoms with van der Waals surface area (Å²) in [4.78, 5) is 10.4. The first-order chi connectivity index (χ1) is 7.49. The first kappa shape index (κ1) is 12.7. The van der Waals surface area contributed by atoms with Crippen molar-refractivity contribution >= 4 is 16.1 Å². The van der Waals surface area contributed by atoms with E-state index in [0.29, 0.717) is 18.6 Å². The van der Waals surface area contributed by atoms with Gasteiger partial charge in [0.1, 0.15) is 16.9 Å². The van der Waals surface area contributed by atoms with Crippen LogP contribution >= 0.6 is 0 Å². The van der Waals surface area contributed by atoms with Crippen LogP contribution in [0.4, 0.5) is 0 Å². The van der Waals surface area contributed by atoms with E-state index >= 15 is 0 Å². The third-order valence-corrected chi connectivity index (χ3v) is 3.30. The second-order valence-electron chi connectivity index (χ2n) is 3.46. The Kier molecular flexibility index (Phi) is 4.06. The largest absolute Gasteiger partial charge is 0.495 e. The van der Waals surface area contributed by atoms with Crippen molar-refractivity contribution in [3.63, 3.8) is 0 Å². The molecule has 0 bridgehead atoms. The molecule has 16 heavy (non-hydrogen) atoms. The van der Waals surface area contributed by atoms with E-state index in [-0.39, 0.29) is 4.90 Å². The molecule has 4 nitrogen and oxygen atoms in total. The predicted molar refractivity (Wildman–Crippen MR) is 60.5 cm³/mol. The second-order valence-corrected chi connectivity index (χ2v) is 5.45. The van der Waals surface area contributed by atoms with Gasteiger partial charge in [-0.25, -0.2) is 8.42 Å². The molecule has 0 saturated heterocycles. The van der Waals surface area contributed by atoms with Crippen LogP contribution in [0.25, 0.3) is 0 Å². The predicted octanol–water partition coefficient (Wildman–Crippen LogP) is 1.23. The van der Waals surface area contributed by atoms with Crippen molar-refractivity contribution < 1.29 is 17.9 Å². The normalized spacial score (nSPS) is 11.1. The highest BCUT2D eigenvalue weighted by molar-refractivity contribution is 7.90. The fourth-order valence-electron chi connectivity index (χ4n) is 1.39. The molecule has 0 unspecified atom stereocenters. The number of ether oxygens (including phenoxy) is 1. The summed E-state index contributed by atoms with van der Waals surface area (Å²) in [6.07, 6.45) is 2.87. The van der Waals surface area contributed by atoms with Gasteiger partial charge in [-0.3, -0.25) is 0 Å². The van der Waals surface area contributed by atoms with E-state index in [2.05, 4.69) is 0 Å². The lowest BCUT2D eigenvalue weighted by Crippen LogP contribution is -2.02. The Morgan fingerprint density at radius 2 is 2.06 bits per heavy atom. The van der Waals surface area contributed by atoms with Crippen molar-refractivity contribution in [2.45, 2.75) is 17.7 Å². The van der Waals surface area contributed by atoms with E-state index in [4.69, 9.17) is 4.74 Å². The molecule has 1 aromatic rings. The number of carbonyl (C=O) groups excluding carboxylic acids is 1. The van der Waals surface area contributed by atoms with E-state index in [9.17, 15) is 13.2 Å². The Morgan fingerprint density at radius 3 is 2.56 bits per heavy atom. The van der Waals surface area contributed by atoms with E-state index < -0.39 is 9.84 Å². The van der Waals surface area contributed by atoms with Crippen LogP contribution in [0, 0.1) is 0 Å². The van der Waals surface area contributed by atoms with E-state index in [1.165, 1.54) is 7.11 Å². The van der Waals surface area contributed by atoms with Gasteiger partial charge >= 0.3 is 0 Å². The Bertz CT molecular complexity index is 477. The SMILES string of the molecule is COc1ccc(CCC=O)cc1S(C)(=O)=O. The van der Waals surface area contributed by atoms with Crippen LogP contribution in [0.1, 0.15) is 12.0 Å². The van der Waals surface area contributed by atoms with Crippen LogP contribution in [0.15, 0.2) is 23.1 Å².